The van der Waals surface area contributed by atoms with E-state index in [0.29, 0.717) is 6.61 Å². The molecule has 0 spiro atoms. The Morgan fingerprint density at radius 3 is 2.58 bits per heavy atom. The second-order valence-corrected chi connectivity index (χ2v) is 5.68. The van der Waals surface area contributed by atoms with Gasteiger partial charge < -0.3 is 10.1 Å². The van der Waals surface area contributed by atoms with E-state index < -0.39 is 0 Å². The van der Waals surface area contributed by atoms with Crippen molar-refractivity contribution in [2.24, 2.45) is 0 Å². The van der Waals surface area contributed by atoms with Gasteiger partial charge in [0.05, 0.1) is 12.1 Å². The summed E-state index contributed by atoms with van der Waals surface area (Å²) in [4.78, 5) is 12.3. The number of hydrogen-bond donors (Lipinski definition) is 1. The summed E-state index contributed by atoms with van der Waals surface area (Å²) in [7, 11) is 0. The molecule has 24 heavy (non-hydrogen) atoms. The molecule has 1 amide bonds. The quantitative estimate of drug-likeness (QED) is 0.783. The van der Waals surface area contributed by atoms with Gasteiger partial charge in [-0.15, -0.1) is 5.10 Å². The van der Waals surface area contributed by atoms with Crippen LogP contribution in [0.15, 0.2) is 36.4 Å². The van der Waals surface area contributed by atoms with Gasteiger partial charge in [0.2, 0.25) is 5.91 Å². The number of benzene rings is 2. The molecule has 0 saturated carbocycles. The van der Waals surface area contributed by atoms with Crippen LogP contribution in [0.25, 0.3) is 11.0 Å². The molecule has 0 aliphatic rings. The molecular weight excluding hydrogens is 304 g/mol. The first-order chi connectivity index (χ1) is 11.6. The standard InChI is InChI=1S/C18H20N4O2/c1-4-24-15-7-5-14(6-8-15)19-18(23)11-22-17-10-13(3)12(2)9-16(17)20-21-22/h5-10H,4,11H2,1-3H3,(H,19,23). The summed E-state index contributed by atoms with van der Waals surface area (Å²) in [5, 5.41) is 11.1. The lowest BCUT2D eigenvalue weighted by Gasteiger charge is -2.08. The minimum Gasteiger partial charge on any atom is -0.494 e. The van der Waals surface area contributed by atoms with E-state index >= 15 is 0 Å². The molecule has 2 aromatic carbocycles. The maximum Gasteiger partial charge on any atom is 0.246 e. The van der Waals surface area contributed by atoms with Crippen molar-refractivity contribution in [3.05, 3.63) is 47.5 Å². The molecule has 6 nitrogen and oxygen atoms in total. The molecule has 0 fully saturated rings. The van der Waals surface area contributed by atoms with Crippen molar-refractivity contribution in [3.63, 3.8) is 0 Å². The predicted octanol–water partition coefficient (Wildman–Crippen LogP) is 3.09. The van der Waals surface area contributed by atoms with Gasteiger partial charge in [0.15, 0.2) is 0 Å². The zero-order valence-corrected chi connectivity index (χ0v) is 14.0. The third kappa shape index (κ3) is 3.37. The van der Waals surface area contributed by atoms with E-state index in [4.69, 9.17) is 4.74 Å². The number of carbonyl (C=O) groups excluding carboxylic acids is 1. The van der Waals surface area contributed by atoms with Gasteiger partial charge in [-0.1, -0.05) is 5.21 Å². The van der Waals surface area contributed by atoms with E-state index in [2.05, 4.69) is 15.6 Å². The van der Waals surface area contributed by atoms with Gasteiger partial charge in [0, 0.05) is 5.69 Å². The summed E-state index contributed by atoms with van der Waals surface area (Å²) < 4.78 is 7.00. The van der Waals surface area contributed by atoms with Crippen molar-refractivity contribution in [3.8, 4) is 5.75 Å². The molecule has 0 unspecified atom stereocenters. The van der Waals surface area contributed by atoms with Crippen LogP contribution in [0.5, 0.6) is 5.75 Å². The maximum absolute atomic E-state index is 12.3. The number of nitrogens with one attached hydrogen (secondary N) is 1. The molecule has 0 atom stereocenters. The SMILES string of the molecule is CCOc1ccc(NC(=O)Cn2nnc3cc(C)c(C)cc32)cc1. The maximum atomic E-state index is 12.3. The molecule has 1 heterocycles. The predicted molar refractivity (Wildman–Crippen MR) is 93.2 cm³/mol. The summed E-state index contributed by atoms with van der Waals surface area (Å²) in [5.74, 6) is 0.632. The monoisotopic (exact) mass is 324 g/mol. The zero-order chi connectivity index (χ0) is 17.1. The topological polar surface area (TPSA) is 69.0 Å². The van der Waals surface area contributed by atoms with Crippen LogP contribution in [0.1, 0.15) is 18.1 Å². The first kappa shape index (κ1) is 16.0. The van der Waals surface area contributed by atoms with Crippen LogP contribution in [-0.4, -0.2) is 27.5 Å². The Labute approximate surface area is 140 Å². The van der Waals surface area contributed by atoms with E-state index in [9.17, 15) is 4.79 Å². The van der Waals surface area contributed by atoms with Gasteiger partial charge in [0.25, 0.3) is 0 Å². The third-order valence-corrected chi connectivity index (χ3v) is 3.87. The largest absolute Gasteiger partial charge is 0.494 e. The summed E-state index contributed by atoms with van der Waals surface area (Å²) in [5.41, 5.74) is 4.69. The highest BCUT2D eigenvalue weighted by Gasteiger charge is 2.10. The Kier molecular flexibility index (Phi) is 4.46. The lowest BCUT2D eigenvalue weighted by molar-refractivity contribution is -0.116. The normalized spacial score (nSPS) is 10.8. The highest BCUT2D eigenvalue weighted by atomic mass is 16.5. The highest BCUT2D eigenvalue weighted by Crippen LogP contribution is 2.18. The second-order valence-electron chi connectivity index (χ2n) is 5.68. The van der Waals surface area contributed by atoms with Crippen LogP contribution in [0, 0.1) is 13.8 Å². The third-order valence-electron chi connectivity index (χ3n) is 3.87. The molecule has 0 aliphatic heterocycles. The fourth-order valence-corrected chi connectivity index (χ4v) is 2.48. The average molecular weight is 324 g/mol. The van der Waals surface area contributed by atoms with Crippen molar-refractivity contribution in [1.82, 2.24) is 15.0 Å². The number of fused-ring (bicyclic) bond motifs is 1. The van der Waals surface area contributed by atoms with Crippen LogP contribution in [-0.2, 0) is 11.3 Å². The number of hydrogen-bond acceptors (Lipinski definition) is 4. The first-order valence-corrected chi connectivity index (χ1v) is 7.90. The van der Waals surface area contributed by atoms with Gasteiger partial charge in [-0.05, 0) is 68.3 Å². The molecular formula is C18H20N4O2. The minimum atomic E-state index is -0.149. The number of carbonyl (C=O) groups is 1. The number of aromatic nitrogens is 3. The van der Waals surface area contributed by atoms with Crippen molar-refractivity contribution in [1.29, 1.82) is 0 Å². The van der Waals surface area contributed by atoms with E-state index in [1.807, 2.05) is 57.2 Å². The lowest BCUT2D eigenvalue weighted by Crippen LogP contribution is -2.19. The van der Waals surface area contributed by atoms with Gasteiger partial charge >= 0.3 is 0 Å². The van der Waals surface area contributed by atoms with Gasteiger partial charge in [0.1, 0.15) is 17.8 Å². The molecule has 3 aromatic rings. The fourth-order valence-electron chi connectivity index (χ4n) is 2.48. The molecule has 0 bridgehead atoms. The van der Waals surface area contributed by atoms with Crippen LogP contribution >= 0.6 is 0 Å². The van der Waals surface area contributed by atoms with Crippen molar-refractivity contribution in [2.45, 2.75) is 27.3 Å². The lowest BCUT2D eigenvalue weighted by atomic mass is 10.1. The first-order valence-electron chi connectivity index (χ1n) is 7.90. The van der Waals surface area contributed by atoms with Gasteiger partial charge in [-0.2, -0.15) is 0 Å². The van der Waals surface area contributed by atoms with Gasteiger partial charge in [-0.3, -0.25) is 4.79 Å². The average Bonchev–Trinajstić information content (AvgIpc) is 2.92. The van der Waals surface area contributed by atoms with E-state index in [0.717, 1.165) is 33.6 Å². The Morgan fingerprint density at radius 2 is 1.88 bits per heavy atom. The van der Waals surface area contributed by atoms with Gasteiger partial charge in [-0.25, -0.2) is 4.68 Å². The Hall–Kier alpha value is -2.89. The minimum absolute atomic E-state index is 0.117. The Bertz CT molecular complexity index is 869. The molecule has 3 rings (SSSR count). The van der Waals surface area contributed by atoms with Crippen LogP contribution in [0.4, 0.5) is 5.69 Å². The number of ether oxygens (including phenoxy) is 1. The van der Waals surface area contributed by atoms with Crippen LogP contribution < -0.4 is 10.1 Å². The summed E-state index contributed by atoms with van der Waals surface area (Å²) >= 11 is 0. The van der Waals surface area contributed by atoms with Crippen LogP contribution in [0.3, 0.4) is 0 Å². The Balaban J connectivity index is 1.72. The van der Waals surface area contributed by atoms with E-state index in [-0.39, 0.29) is 12.5 Å². The molecule has 0 aliphatic carbocycles. The van der Waals surface area contributed by atoms with E-state index in [1.165, 1.54) is 0 Å². The molecule has 124 valence electrons. The van der Waals surface area contributed by atoms with E-state index in [1.54, 1.807) is 4.68 Å². The number of aryl methyl sites for hydroxylation is 2. The Morgan fingerprint density at radius 1 is 1.17 bits per heavy atom. The van der Waals surface area contributed by atoms with Crippen molar-refractivity contribution < 1.29 is 9.53 Å². The van der Waals surface area contributed by atoms with Crippen LogP contribution in [0.2, 0.25) is 0 Å². The van der Waals surface area contributed by atoms with Crippen molar-refractivity contribution in [2.75, 3.05) is 11.9 Å². The van der Waals surface area contributed by atoms with Crippen molar-refractivity contribution >= 4 is 22.6 Å². The zero-order valence-electron chi connectivity index (χ0n) is 14.0. The molecule has 1 N–H and O–H groups in total. The number of amides is 1. The molecule has 1 aromatic heterocycles. The number of nitrogens with zero attached hydrogens (tertiary/aromatic N) is 3. The molecule has 0 radical (unpaired) electrons. The summed E-state index contributed by atoms with van der Waals surface area (Å²) in [6, 6.07) is 11.3. The number of rotatable bonds is 5. The smallest absolute Gasteiger partial charge is 0.246 e. The highest BCUT2D eigenvalue weighted by molar-refractivity contribution is 5.91. The summed E-state index contributed by atoms with van der Waals surface area (Å²) in [6.07, 6.45) is 0. The number of anilines is 1. The second kappa shape index (κ2) is 6.70. The molecule has 0 saturated heterocycles. The fraction of sp³-hybridized carbons (Fsp3) is 0.278. The molecule has 6 heteroatoms. The summed E-state index contributed by atoms with van der Waals surface area (Å²) in [6.45, 7) is 6.73.